The molecule has 11 heteroatoms. The molecular formula is C21H24N4O5S2. The van der Waals surface area contributed by atoms with Gasteiger partial charge in [0, 0.05) is 23.9 Å². The topological polar surface area (TPSA) is 119 Å². The molecular weight excluding hydrogens is 452 g/mol. The summed E-state index contributed by atoms with van der Waals surface area (Å²) in [5.41, 5.74) is 0. The lowest BCUT2D eigenvalue weighted by atomic mass is 9.99. The van der Waals surface area contributed by atoms with Crippen LogP contribution in [0.3, 0.4) is 0 Å². The number of thiophene rings is 1. The van der Waals surface area contributed by atoms with Gasteiger partial charge in [0.1, 0.15) is 5.76 Å². The molecule has 0 radical (unpaired) electrons. The molecule has 170 valence electrons. The quantitative estimate of drug-likeness (QED) is 0.556. The number of sulfonamides is 1. The van der Waals surface area contributed by atoms with Crippen molar-refractivity contribution in [2.24, 2.45) is 5.92 Å². The van der Waals surface area contributed by atoms with Gasteiger partial charge in [0.2, 0.25) is 27.6 Å². The highest BCUT2D eigenvalue weighted by molar-refractivity contribution is 7.89. The molecule has 0 aromatic carbocycles. The third-order valence-corrected chi connectivity index (χ3v) is 9.02. The lowest BCUT2D eigenvalue weighted by molar-refractivity contribution is -0.126. The molecule has 2 aliphatic rings. The van der Waals surface area contributed by atoms with Gasteiger partial charge in [-0.1, -0.05) is 5.16 Å². The zero-order valence-corrected chi connectivity index (χ0v) is 19.2. The first-order chi connectivity index (χ1) is 15.4. The Morgan fingerprint density at radius 2 is 2.19 bits per heavy atom. The van der Waals surface area contributed by atoms with Crippen molar-refractivity contribution < 1.29 is 22.2 Å². The summed E-state index contributed by atoms with van der Waals surface area (Å²) in [6, 6.07) is 5.17. The highest BCUT2D eigenvalue weighted by Crippen LogP contribution is 2.41. The summed E-state index contributed by atoms with van der Waals surface area (Å²) >= 11 is 1.34. The van der Waals surface area contributed by atoms with Crippen LogP contribution in [0.25, 0.3) is 10.7 Å². The Hall–Kier alpha value is -2.50. The Morgan fingerprint density at radius 1 is 1.34 bits per heavy atom. The van der Waals surface area contributed by atoms with Crippen molar-refractivity contribution in [2.75, 3.05) is 13.1 Å². The first-order valence-electron chi connectivity index (χ1n) is 10.7. The van der Waals surface area contributed by atoms with Crippen LogP contribution in [0.4, 0.5) is 0 Å². The van der Waals surface area contributed by atoms with E-state index < -0.39 is 15.9 Å². The third kappa shape index (κ3) is 4.24. The van der Waals surface area contributed by atoms with Crippen molar-refractivity contribution in [2.45, 2.75) is 50.0 Å². The van der Waals surface area contributed by atoms with Crippen LogP contribution in [0, 0.1) is 12.8 Å². The van der Waals surface area contributed by atoms with Crippen LogP contribution in [0.5, 0.6) is 0 Å². The maximum absolute atomic E-state index is 13.4. The zero-order chi connectivity index (χ0) is 22.3. The standard InChI is InChI=1S/C21H24N4O5S2/c1-13-18(10-17(31-13)19-23-21(30-24-19)14-6-7-14)32(27,28)25-8-2-4-15(12-25)20(26)22-11-16-5-3-9-29-16/h3,5,9-10,14-15H,2,4,6-8,11-12H2,1H3,(H,22,26)/t15-/m1/s1. The number of amides is 1. The average molecular weight is 477 g/mol. The second kappa shape index (κ2) is 8.45. The van der Waals surface area contributed by atoms with Crippen molar-refractivity contribution in [1.29, 1.82) is 0 Å². The van der Waals surface area contributed by atoms with Crippen LogP contribution < -0.4 is 5.32 Å². The van der Waals surface area contributed by atoms with Crippen molar-refractivity contribution in [3.63, 3.8) is 0 Å². The van der Waals surface area contributed by atoms with Crippen LogP contribution in [0.2, 0.25) is 0 Å². The number of piperidine rings is 1. The fourth-order valence-electron chi connectivity index (χ4n) is 3.91. The third-order valence-electron chi connectivity index (χ3n) is 5.85. The maximum Gasteiger partial charge on any atom is 0.244 e. The first-order valence-corrected chi connectivity index (χ1v) is 12.9. The Morgan fingerprint density at radius 3 is 2.94 bits per heavy atom. The minimum Gasteiger partial charge on any atom is -0.467 e. The first kappa shape index (κ1) is 21.4. The summed E-state index contributed by atoms with van der Waals surface area (Å²) in [6.07, 6.45) is 4.93. The molecule has 3 aromatic rings. The van der Waals surface area contributed by atoms with Gasteiger partial charge in [0.25, 0.3) is 0 Å². The van der Waals surface area contributed by atoms with Crippen molar-refractivity contribution in [1.82, 2.24) is 19.8 Å². The van der Waals surface area contributed by atoms with Gasteiger partial charge in [-0.2, -0.15) is 9.29 Å². The molecule has 1 atom stereocenters. The summed E-state index contributed by atoms with van der Waals surface area (Å²) in [5.74, 6) is 1.48. The lowest BCUT2D eigenvalue weighted by Gasteiger charge is -2.31. The van der Waals surface area contributed by atoms with Gasteiger partial charge >= 0.3 is 0 Å². The normalized spacial score (nSPS) is 19.8. The van der Waals surface area contributed by atoms with Gasteiger partial charge in [-0.3, -0.25) is 4.79 Å². The molecule has 1 aliphatic carbocycles. The summed E-state index contributed by atoms with van der Waals surface area (Å²) in [5, 5.41) is 6.87. The molecule has 1 N–H and O–H groups in total. The highest BCUT2D eigenvalue weighted by atomic mass is 32.2. The Labute approximate surface area is 189 Å². The second-order valence-electron chi connectivity index (χ2n) is 8.26. The molecule has 5 rings (SSSR count). The van der Waals surface area contributed by atoms with E-state index in [1.165, 1.54) is 15.6 Å². The fraction of sp³-hybridized carbons (Fsp3) is 0.476. The van der Waals surface area contributed by atoms with E-state index >= 15 is 0 Å². The van der Waals surface area contributed by atoms with Crippen molar-refractivity contribution >= 4 is 27.3 Å². The molecule has 2 fully saturated rings. The maximum atomic E-state index is 13.4. The summed E-state index contributed by atoms with van der Waals surface area (Å²) in [4.78, 5) is 18.6. The van der Waals surface area contributed by atoms with Gasteiger partial charge in [0.05, 0.1) is 28.5 Å². The molecule has 1 aliphatic heterocycles. The van der Waals surface area contributed by atoms with E-state index in [-0.39, 0.29) is 23.9 Å². The van der Waals surface area contributed by atoms with E-state index in [9.17, 15) is 13.2 Å². The van der Waals surface area contributed by atoms with Crippen LogP contribution in [0.15, 0.2) is 38.3 Å². The monoisotopic (exact) mass is 476 g/mol. The minimum absolute atomic E-state index is 0.158. The number of nitrogens with zero attached hydrogens (tertiary/aromatic N) is 3. The minimum atomic E-state index is -3.74. The summed E-state index contributed by atoms with van der Waals surface area (Å²) < 4.78 is 38.8. The molecule has 1 amide bonds. The van der Waals surface area contributed by atoms with Crippen LogP contribution in [-0.4, -0.2) is 41.9 Å². The predicted octanol–water partition coefficient (Wildman–Crippen LogP) is 3.29. The number of hydrogen-bond acceptors (Lipinski definition) is 8. The van der Waals surface area contributed by atoms with Gasteiger partial charge in [0.15, 0.2) is 0 Å². The number of aryl methyl sites for hydroxylation is 1. The molecule has 1 saturated heterocycles. The highest BCUT2D eigenvalue weighted by Gasteiger charge is 2.35. The number of rotatable bonds is 7. The molecule has 3 aromatic heterocycles. The van der Waals surface area contributed by atoms with Gasteiger partial charge < -0.3 is 14.3 Å². The number of furan rings is 1. The van der Waals surface area contributed by atoms with Crippen molar-refractivity contribution in [3.8, 4) is 10.7 Å². The van der Waals surface area contributed by atoms with Crippen LogP contribution in [0.1, 0.15) is 48.1 Å². The van der Waals surface area contributed by atoms with E-state index in [4.69, 9.17) is 8.94 Å². The van der Waals surface area contributed by atoms with Crippen LogP contribution in [-0.2, 0) is 21.4 Å². The number of aromatic nitrogens is 2. The van der Waals surface area contributed by atoms with Crippen molar-refractivity contribution in [3.05, 3.63) is 41.0 Å². The van der Waals surface area contributed by atoms with E-state index in [1.807, 2.05) is 0 Å². The number of hydrogen-bond donors (Lipinski definition) is 1. The zero-order valence-electron chi connectivity index (χ0n) is 17.6. The molecule has 1 saturated carbocycles. The van der Waals surface area contributed by atoms with E-state index in [2.05, 4.69) is 15.5 Å². The fourth-order valence-corrected chi connectivity index (χ4v) is 6.92. The number of carbonyl (C=O) groups excluding carboxylic acids is 1. The SMILES string of the molecule is Cc1sc(-c2noc(C3CC3)n2)cc1S(=O)(=O)N1CCC[C@@H](C(=O)NCc2ccco2)C1. The lowest BCUT2D eigenvalue weighted by Crippen LogP contribution is -2.45. The van der Waals surface area contributed by atoms with Gasteiger partial charge in [-0.25, -0.2) is 8.42 Å². The van der Waals surface area contributed by atoms with E-state index in [1.54, 1.807) is 31.4 Å². The largest absolute Gasteiger partial charge is 0.467 e. The van der Waals surface area contributed by atoms with Gasteiger partial charge in [-0.15, -0.1) is 11.3 Å². The molecule has 0 bridgehead atoms. The smallest absolute Gasteiger partial charge is 0.244 e. The average Bonchev–Trinajstić information content (AvgIpc) is 3.18. The van der Waals surface area contributed by atoms with Crippen LogP contribution >= 0.6 is 11.3 Å². The van der Waals surface area contributed by atoms with E-state index in [0.717, 1.165) is 12.8 Å². The molecule has 9 nitrogen and oxygen atoms in total. The molecule has 32 heavy (non-hydrogen) atoms. The summed E-state index contributed by atoms with van der Waals surface area (Å²) in [6.45, 7) is 2.62. The number of carbonyl (C=O) groups is 1. The Kier molecular flexibility index (Phi) is 5.64. The van der Waals surface area contributed by atoms with Gasteiger partial charge in [-0.05, 0) is 50.8 Å². The second-order valence-corrected chi connectivity index (χ2v) is 11.4. The Bertz CT molecular complexity index is 1210. The number of nitrogens with one attached hydrogen (secondary N) is 1. The molecule has 0 spiro atoms. The predicted molar refractivity (Wildman–Crippen MR) is 116 cm³/mol. The van der Waals surface area contributed by atoms with E-state index in [0.29, 0.717) is 52.5 Å². The molecule has 0 unspecified atom stereocenters. The Balaban J connectivity index is 1.30. The summed E-state index contributed by atoms with van der Waals surface area (Å²) in [7, 11) is -3.74. The molecule has 4 heterocycles.